The van der Waals surface area contributed by atoms with Gasteiger partial charge in [-0.05, 0) is 75.1 Å². The first kappa shape index (κ1) is 15.2. The maximum absolute atomic E-state index is 13.0. The molecule has 1 aromatic rings. The van der Waals surface area contributed by atoms with Gasteiger partial charge in [0.1, 0.15) is 0 Å². The van der Waals surface area contributed by atoms with Crippen LogP contribution in [0, 0.1) is 5.92 Å². The number of carbonyl (C=O) groups excluding carboxylic acids is 1. The van der Waals surface area contributed by atoms with Crippen molar-refractivity contribution in [2.75, 3.05) is 13.1 Å². The molecule has 1 heterocycles. The summed E-state index contributed by atoms with van der Waals surface area (Å²) in [5.41, 5.74) is 2.86. The van der Waals surface area contributed by atoms with Gasteiger partial charge in [0.15, 0.2) is 0 Å². The molecule has 0 radical (unpaired) electrons. The summed E-state index contributed by atoms with van der Waals surface area (Å²) in [6.07, 6.45) is 8.97. The average Bonchev–Trinajstić information content (AvgIpc) is 3.34. The van der Waals surface area contributed by atoms with Crippen LogP contribution in [0.15, 0.2) is 24.3 Å². The molecular weight excluding hydrogens is 284 g/mol. The Hall–Kier alpha value is -1.35. The largest absolute Gasteiger partial charge is 0.333 e. The van der Waals surface area contributed by atoms with Crippen molar-refractivity contribution in [3.8, 4) is 0 Å². The predicted octanol–water partition coefficient (Wildman–Crippen LogP) is 3.44. The van der Waals surface area contributed by atoms with Crippen molar-refractivity contribution in [1.82, 2.24) is 10.2 Å². The lowest BCUT2D eigenvalue weighted by molar-refractivity contribution is -0.134. The van der Waals surface area contributed by atoms with Gasteiger partial charge in [-0.15, -0.1) is 0 Å². The average molecular weight is 312 g/mol. The molecule has 3 aliphatic rings. The highest BCUT2D eigenvalue weighted by molar-refractivity contribution is 5.77. The smallest absolute Gasteiger partial charge is 0.223 e. The predicted molar refractivity (Wildman–Crippen MR) is 92.2 cm³/mol. The summed E-state index contributed by atoms with van der Waals surface area (Å²) in [7, 11) is 0. The lowest BCUT2D eigenvalue weighted by Crippen LogP contribution is -2.36. The second kappa shape index (κ2) is 6.64. The number of aryl methyl sites for hydroxylation is 1. The van der Waals surface area contributed by atoms with Crippen LogP contribution in [0.3, 0.4) is 0 Å². The van der Waals surface area contributed by atoms with E-state index < -0.39 is 0 Å². The monoisotopic (exact) mass is 312 g/mol. The highest BCUT2D eigenvalue weighted by Gasteiger charge is 2.40. The molecule has 0 bridgehead atoms. The van der Waals surface area contributed by atoms with Crippen molar-refractivity contribution in [2.45, 2.75) is 63.5 Å². The Morgan fingerprint density at radius 3 is 2.65 bits per heavy atom. The summed E-state index contributed by atoms with van der Waals surface area (Å²) in [5, 5.41) is 3.41. The molecule has 1 atom stereocenters. The molecule has 1 amide bonds. The minimum atomic E-state index is 0.347. The topological polar surface area (TPSA) is 32.3 Å². The Morgan fingerprint density at radius 2 is 1.87 bits per heavy atom. The zero-order valence-electron chi connectivity index (χ0n) is 14.0. The molecule has 3 heteroatoms. The Balaban J connectivity index is 1.43. The van der Waals surface area contributed by atoms with Gasteiger partial charge in [0, 0.05) is 12.5 Å². The van der Waals surface area contributed by atoms with E-state index in [0.717, 1.165) is 44.7 Å². The SMILES string of the molecule is O=C(CCC1CCNCC1)N(C1CC1)C1CCc2ccccc21. The number of hydrogen-bond acceptors (Lipinski definition) is 2. The summed E-state index contributed by atoms with van der Waals surface area (Å²) in [6, 6.07) is 9.59. The summed E-state index contributed by atoms with van der Waals surface area (Å²) in [5.74, 6) is 1.16. The third kappa shape index (κ3) is 3.30. The molecule has 1 saturated heterocycles. The number of nitrogens with zero attached hydrogens (tertiary/aromatic N) is 1. The maximum Gasteiger partial charge on any atom is 0.223 e. The van der Waals surface area contributed by atoms with Crippen LogP contribution in [0.25, 0.3) is 0 Å². The van der Waals surface area contributed by atoms with Gasteiger partial charge in [0.05, 0.1) is 6.04 Å². The van der Waals surface area contributed by atoms with Gasteiger partial charge in [-0.25, -0.2) is 0 Å². The quantitative estimate of drug-likeness (QED) is 0.903. The Morgan fingerprint density at radius 1 is 1.09 bits per heavy atom. The van der Waals surface area contributed by atoms with Gasteiger partial charge in [0.25, 0.3) is 0 Å². The molecule has 1 unspecified atom stereocenters. The van der Waals surface area contributed by atoms with Gasteiger partial charge in [0.2, 0.25) is 5.91 Å². The van der Waals surface area contributed by atoms with Crippen LogP contribution < -0.4 is 5.32 Å². The van der Waals surface area contributed by atoms with Crippen LogP contribution in [-0.4, -0.2) is 29.9 Å². The zero-order chi connectivity index (χ0) is 15.6. The molecule has 2 fully saturated rings. The standard InChI is InChI=1S/C20H28N2O/c23-20(10-5-15-11-13-21-14-12-15)22(17-7-8-17)19-9-6-16-3-1-2-4-18(16)19/h1-4,15,17,19,21H,5-14H2. The van der Waals surface area contributed by atoms with Crippen LogP contribution in [0.5, 0.6) is 0 Å². The van der Waals surface area contributed by atoms with Gasteiger partial charge in [-0.3, -0.25) is 4.79 Å². The van der Waals surface area contributed by atoms with Crippen LogP contribution in [0.2, 0.25) is 0 Å². The van der Waals surface area contributed by atoms with E-state index in [4.69, 9.17) is 0 Å². The van der Waals surface area contributed by atoms with Gasteiger partial charge >= 0.3 is 0 Å². The first-order valence-corrected chi connectivity index (χ1v) is 9.42. The molecule has 2 aliphatic carbocycles. The fourth-order valence-electron chi connectivity index (χ4n) is 4.44. The lowest BCUT2D eigenvalue weighted by Gasteiger charge is -2.31. The highest BCUT2D eigenvalue weighted by atomic mass is 16.2. The van der Waals surface area contributed by atoms with Crippen molar-refractivity contribution in [3.63, 3.8) is 0 Å². The Kier molecular flexibility index (Phi) is 4.39. The van der Waals surface area contributed by atoms with E-state index in [1.165, 1.54) is 36.8 Å². The van der Waals surface area contributed by atoms with E-state index in [2.05, 4.69) is 34.5 Å². The fraction of sp³-hybridized carbons (Fsp3) is 0.650. The van der Waals surface area contributed by atoms with E-state index in [-0.39, 0.29) is 0 Å². The highest BCUT2D eigenvalue weighted by Crippen LogP contribution is 2.42. The Bertz CT molecular complexity index is 561. The fourth-order valence-corrected chi connectivity index (χ4v) is 4.44. The zero-order valence-corrected chi connectivity index (χ0v) is 14.0. The number of nitrogens with one attached hydrogen (secondary N) is 1. The number of carbonyl (C=O) groups is 1. The van der Waals surface area contributed by atoms with Crippen LogP contribution in [0.1, 0.15) is 62.1 Å². The lowest BCUT2D eigenvalue weighted by atomic mass is 9.92. The van der Waals surface area contributed by atoms with Gasteiger partial charge < -0.3 is 10.2 Å². The molecule has 1 aromatic carbocycles. The van der Waals surface area contributed by atoms with Gasteiger partial charge in [-0.1, -0.05) is 24.3 Å². The second-order valence-corrected chi connectivity index (χ2v) is 7.52. The van der Waals surface area contributed by atoms with Crippen LogP contribution in [-0.2, 0) is 11.2 Å². The normalized spacial score (nSPS) is 24.4. The number of hydrogen-bond donors (Lipinski definition) is 1. The molecule has 23 heavy (non-hydrogen) atoms. The molecule has 1 aliphatic heterocycles. The molecule has 1 saturated carbocycles. The van der Waals surface area contributed by atoms with E-state index in [9.17, 15) is 4.79 Å². The molecule has 0 spiro atoms. The third-order valence-corrected chi connectivity index (χ3v) is 5.89. The van der Waals surface area contributed by atoms with E-state index in [1.807, 2.05) is 0 Å². The van der Waals surface area contributed by atoms with E-state index >= 15 is 0 Å². The van der Waals surface area contributed by atoms with E-state index in [0.29, 0.717) is 18.0 Å². The van der Waals surface area contributed by atoms with Crippen molar-refractivity contribution in [1.29, 1.82) is 0 Å². The summed E-state index contributed by atoms with van der Waals surface area (Å²) in [4.78, 5) is 15.2. The second-order valence-electron chi connectivity index (χ2n) is 7.52. The summed E-state index contributed by atoms with van der Waals surface area (Å²) in [6.45, 7) is 2.25. The molecule has 4 rings (SSSR count). The van der Waals surface area contributed by atoms with Crippen molar-refractivity contribution in [3.05, 3.63) is 35.4 Å². The third-order valence-electron chi connectivity index (χ3n) is 5.89. The number of rotatable bonds is 5. The minimum absolute atomic E-state index is 0.347. The molecule has 124 valence electrons. The first-order valence-electron chi connectivity index (χ1n) is 9.42. The van der Waals surface area contributed by atoms with Gasteiger partial charge in [-0.2, -0.15) is 0 Å². The first-order chi connectivity index (χ1) is 11.3. The summed E-state index contributed by atoms with van der Waals surface area (Å²) < 4.78 is 0. The van der Waals surface area contributed by atoms with Crippen molar-refractivity contribution < 1.29 is 4.79 Å². The maximum atomic E-state index is 13.0. The van der Waals surface area contributed by atoms with Crippen molar-refractivity contribution >= 4 is 5.91 Å². The number of amides is 1. The minimum Gasteiger partial charge on any atom is -0.333 e. The van der Waals surface area contributed by atoms with Crippen molar-refractivity contribution in [2.24, 2.45) is 5.92 Å². The Labute approximate surface area is 139 Å². The molecule has 1 N–H and O–H groups in total. The molecule has 3 nitrogen and oxygen atoms in total. The number of piperidine rings is 1. The number of fused-ring (bicyclic) bond motifs is 1. The number of benzene rings is 1. The van der Waals surface area contributed by atoms with Crippen LogP contribution in [0.4, 0.5) is 0 Å². The van der Waals surface area contributed by atoms with E-state index in [1.54, 1.807) is 0 Å². The van der Waals surface area contributed by atoms with Crippen LogP contribution >= 0.6 is 0 Å². The molecule has 0 aromatic heterocycles. The molecular formula is C20H28N2O. The summed E-state index contributed by atoms with van der Waals surface area (Å²) >= 11 is 0.